The van der Waals surface area contributed by atoms with Crippen LogP contribution >= 0.6 is 0 Å². The van der Waals surface area contributed by atoms with Gasteiger partial charge in [-0.2, -0.15) is 0 Å². The molecule has 0 saturated carbocycles. The molecule has 0 amide bonds. The molecule has 1 aliphatic carbocycles. The molecule has 0 bridgehead atoms. The van der Waals surface area contributed by atoms with Crippen LogP contribution in [-0.4, -0.2) is 111 Å². The molecule has 0 spiro atoms. The molecule has 0 unspecified atom stereocenters. The Morgan fingerprint density at radius 1 is 1.00 bits per heavy atom. The Kier molecular flexibility index (Phi) is 9.48. The third kappa shape index (κ3) is 6.41. The number of allylic oxidation sites excluding steroid dienone is 3. The van der Waals surface area contributed by atoms with Crippen molar-refractivity contribution in [2.24, 2.45) is 11.3 Å². The number of aliphatic hydroxyl groups excluding tert-OH is 6. The van der Waals surface area contributed by atoms with E-state index in [9.17, 15) is 35.4 Å². The van der Waals surface area contributed by atoms with Gasteiger partial charge in [-0.05, 0) is 32.3 Å². The van der Waals surface area contributed by atoms with Crippen LogP contribution in [0.1, 0.15) is 41.0 Å². The highest BCUT2D eigenvalue weighted by Crippen LogP contribution is 2.40. The minimum absolute atomic E-state index is 0.0187. The highest BCUT2D eigenvalue weighted by molar-refractivity contribution is 5.92. The van der Waals surface area contributed by atoms with Crippen molar-refractivity contribution < 1.29 is 54.4 Å². The number of carbonyl (C=O) groups is 1. The van der Waals surface area contributed by atoms with E-state index in [0.717, 1.165) is 5.57 Å². The smallest absolute Gasteiger partial charge is 0.187 e. The number of hydrogen-bond acceptors (Lipinski definition) is 11. The number of ketones is 1. The zero-order valence-electron chi connectivity index (χ0n) is 21.3. The Labute approximate surface area is 210 Å². The first kappa shape index (κ1) is 29.3. The normalized spacial score (nSPS) is 44.5. The summed E-state index contributed by atoms with van der Waals surface area (Å²) in [5.41, 5.74) is 0.686. The predicted octanol–water partition coefficient (Wildman–Crippen LogP) is -0.839. The summed E-state index contributed by atoms with van der Waals surface area (Å²) in [5, 5.41) is 61.0. The van der Waals surface area contributed by atoms with Gasteiger partial charge in [0.25, 0.3) is 0 Å². The fourth-order valence-electron chi connectivity index (χ4n) is 5.01. The molecule has 3 rings (SSSR count). The SMILES string of the molecule is CC1=CC(=O)CC(C)(C)[C@H]1/C=C/[C@@H](C)O[C@@H]1O[C@H](CO[C@@H]2O[C@@H](C)[C@H](O)[C@@H](O)[C@H]2O)[C@@H](O)[C@H](O)[C@H]1O. The summed E-state index contributed by atoms with van der Waals surface area (Å²) in [4.78, 5) is 11.9. The van der Waals surface area contributed by atoms with Crippen molar-refractivity contribution in [3.05, 3.63) is 23.8 Å². The summed E-state index contributed by atoms with van der Waals surface area (Å²) in [7, 11) is 0. The second-order valence-corrected chi connectivity index (χ2v) is 10.8. The van der Waals surface area contributed by atoms with Gasteiger partial charge in [0.2, 0.25) is 0 Å². The van der Waals surface area contributed by atoms with Crippen molar-refractivity contribution in [1.82, 2.24) is 0 Å². The van der Waals surface area contributed by atoms with Crippen molar-refractivity contribution in [2.75, 3.05) is 6.61 Å². The van der Waals surface area contributed by atoms with Crippen LogP contribution in [0.15, 0.2) is 23.8 Å². The van der Waals surface area contributed by atoms with Gasteiger partial charge in [-0.1, -0.05) is 31.6 Å². The molecule has 11 heteroatoms. The Morgan fingerprint density at radius 2 is 1.61 bits per heavy atom. The fraction of sp³-hybridized carbons (Fsp3) is 0.800. The van der Waals surface area contributed by atoms with Crippen molar-refractivity contribution in [3.8, 4) is 0 Å². The molecule has 2 saturated heterocycles. The van der Waals surface area contributed by atoms with Gasteiger partial charge in [0, 0.05) is 12.3 Å². The monoisotopic (exact) mass is 516 g/mol. The van der Waals surface area contributed by atoms with E-state index < -0.39 is 67.5 Å². The summed E-state index contributed by atoms with van der Waals surface area (Å²) in [5.74, 6) is 0.113. The quantitative estimate of drug-likeness (QED) is 0.233. The van der Waals surface area contributed by atoms with E-state index in [1.165, 1.54) is 6.92 Å². The first-order chi connectivity index (χ1) is 16.7. The van der Waals surface area contributed by atoms with E-state index in [2.05, 4.69) is 0 Å². The van der Waals surface area contributed by atoms with Crippen LogP contribution in [0, 0.1) is 11.3 Å². The number of aliphatic hydroxyl groups is 6. The predicted molar refractivity (Wildman–Crippen MR) is 125 cm³/mol. The Hall–Kier alpha value is -1.25. The molecular formula is C25H40O11. The van der Waals surface area contributed by atoms with E-state index in [1.54, 1.807) is 19.1 Å². The molecular weight excluding hydrogens is 476 g/mol. The lowest BCUT2D eigenvalue weighted by Crippen LogP contribution is -2.61. The van der Waals surface area contributed by atoms with E-state index in [1.807, 2.05) is 26.8 Å². The second-order valence-electron chi connectivity index (χ2n) is 10.8. The molecule has 12 atom stereocenters. The van der Waals surface area contributed by atoms with Crippen LogP contribution in [0.5, 0.6) is 0 Å². The van der Waals surface area contributed by atoms with E-state index in [4.69, 9.17) is 18.9 Å². The molecule has 3 aliphatic rings. The van der Waals surface area contributed by atoms with Gasteiger partial charge in [-0.15, -0.1) is 0 Å². The molecule has 0 aromatic heterocycles. The fourth-order valence-corrected chi connectivity index (χ4v) is 5.01. The van der Waals surface area contributed by atoms with Gasteiger partial charge < -0.3 is 49.6 Å². The molecule has 2 aliphatic heterocycles. The van der Waals surface area contributed by atoms with Crippen molar-refractivity contribution in [3.63, 3.8) is 0 Å². The lowest BCUT2D eigenvalue weighted by molar-refractivity contribution is -0.330. The molecule has 0 radical (unpaired) electrons. The van der Waals surface area contributed by atoms with Crippen molar-refractivity contribution in [1.29, 1.82) is 0 Å². The molecule has 2 heterocycles. The van der Waals surface area contributed by atoms with E-state index in [0.29, 0.717) is 6.42 Å². The average molecular weight is 517 g/mol. The second kappa shape index (κ2) is 11.6. The lowest BCUT2D eigenvalue weighted by atomic mass is 9.68. The van der Waals surface area contributed by atoms with Crippen LogP contribution in [0.4, 0.5) is 0 Å². The molecule has 0 aromatic rings. The average Bonchev–Trinajstić information content (AvgIpc) is 2.78. The number of hydrogen-bond donors (Lipinski definition) is 6. The maximum atomic E-state index is 11.9. The van der Waals surface area contributed by atoms with Gasteiger partial charge in [0.1, 0.15) is 42.7 Å². The summed E-state index contributed by atoms with van der Waals surface area (Å²) in [6.07, 6.45) is -8.25. The zero-order valence-corrected chi connectivity index (χ0v) is 21.3. The third-order valence-electron chi connectivity index (χ3n) is 7.18. The number of rotatable bonds is 7. The number of carbonyl (C=O) groups excluding carboxylic acids is 1. The summed E-state index contributed by atoms with van der Waals surface area (Å²) in [6.45, 7) is 8.82. The number of ether oxygens (including phenoxy) is 4. The molecule has 36 heavy (non-hydrogen) atoms. The largest absolute Gasteiger partial charge is 0.388 e. The maximum absolute atomic E-state index is 11.9. The molecule has 2 fully saturated rings. The first-order valence-electron chi connectivity index (χ1n) is 12.3. The third-order valence-corrected chi connectivity index (χ3v) is 7.18. The minimum Gasteiger partial charge on any atom is -0.388 e. The zero-order chi connectivity index (χ0) is 26.9. The van der Waals surface area contributed by atoms with Crippen molar-refractivity contribution >= 4 is 5.78 Å². The standard InChI is InChI=1S/C25H40O11/c1-11-8-14(26)9-25(4,5)15(11)7-6-12(2)34-24-22(32)20(30)18(28)16(36-24)10-33-23-21(31)19(29)17(27)13(3)35-23/h6-8,12-13,15-24,27-32H,9-10H2,1-5H3/b7-6+/t12-,13+,15+,16-,17+,18-,19-,20+,21-,22-,23-,24-/m1/s1. The maximum Gasteiger partial charge on any atom is 0.187 e. The molecule has 6 N–H and O–H groups in total. The van der Waals surface area contributed by atoms with Crippen LogP contribution < -0.4 is 0 Å². The van der Waals surface area contributed by atoms with Gasteiger partial charge in [0.15, 0.2) is 18.4 Å². The Balaban J connectivity index is 1.61. The molecule has 11 nitrogen and oxygen atoms in total. The summed E-state index contributed by atoms with van der Waals surface area (Å²) in [6, 6.07) is 0. The molecule has 0 aromatic carbocycles. The van der Waals surface area contributed by atoms with Crippen LogP contribution in [0.2, 0.25) is 0 Å². The highest BCUT2D eigenvalue weighted by atomic mass is 16.7. The van der Waals surface area contributed by atoms with Crippen LogP contribution in [0.3, 0.4) is 0 Å². The van der Waals surface area contributed by atoms with Crippen molar-refractivity contribution in [2.45, 2.75) is 109 Å². The highest BCUT2D eigenvalue weighted by Gasteiger charge is 2.47. The topological polar surface area (TPSA) is 175 Å². The van der Waals surface area contributed by atoms with E-state index in [-0.39, 0.29) is 23.7 Å². The Bertz CT molecular complexity index is 827. The van der Waals surface area contributed by atoms with Crippen LogP contribution in [-0.2, 0) is 23.7 Å². The van der Waals surface area contributed by atoms with Crippen LogP contribution in [0.25, 0.3) is 0 Å². The first-order valence-corrected chi connectivity index (χ1v) is 12.3. The van der Waals surface area contributed by atoms with E-state index >= 15 is 0 Å². The summed E-state index contributed by atoms with van der Waals surface area (Å²) >= 11 is 0. The Morgan fingerprint density at radius 3 is 2.25 bits per heavy atom. The van der Waals surface area contributed by atoms with Gasteiger partial charge in [0.05, 0.1) is 18.8 Å². The molecule has 206 valence electrons. The minimum atomic E-state index is -1.59. The lowest BCUT2D eigenvalue weighted by Gasteiger charge is -2.42. The van der Waals surface area contributed by atoms with Gasteiger partial charge in [-0.3, -0.25) is 4.79 Å². The van der Waals surface area contributed by atoms with Gasteiger partial charge >= 0.3 is 0 Å². The summed E-state index contributed by atoms with van der Waals surface area (Å²) < 4.78 is 22.3. The van der Waals surface area contributed by atoms with Gasteiger partial charge in [-0.25, -0.2) is 0 Å².